The quantitative estimate of drug-likeness (QED) is 0.663. The predicted molar refractivity (Wildman–Crippen MR) is 59.0 cm³/mol. The Morgan fingerprint density at radius 3 is 3.00 bits per heavy atom. The molecule has 0 bridgehead atoms. The van der Waals surface area contributed by atoms with Crippen molar-refractivity contribution in [1.29, 1.82) is 0 Å². The van der Waals surface area contributed by atoms with Crippen LogP contribution in [0.3, 0.4) is 0 Å². The summed E-state index contributed by atoms with van der Waals surface area (Å²) in [7, 11) is 0. The van der Waals surface area contributed by atoms with Gasteiger partial charge in [0.05, 0.1) is 5.41 Å². The number of carbonyl (C=O) groups excluding carboxylic acids is 1. The number of amides is 1. The lowest BCUT2D eigenvalue weighted by Gasteiger charge is -2.19. The van der Waals surface area contributed by atoms with Crippen molar-refractivity contribution in [2.75, 3.05) is 18.4 Å². The molecule has 1 spiro atoms. The minimum absolute atomic E-state index is 0.160. The Morgan fingerprint density at radius 2 is 2.27 bits per heavy atom. The molecule has 3 nitrogen and oxygen atoms in total. The summed E-state index contributed by atoms with van der Waals surface area (Å²) in [6.07, 6.45) is 0.912. The second kappa shape index (κ2) is 2.83. The summed E-state index contributed by atoms with van der Waals surface area (Å²) in [6, 6.07) is 6.19. The number of fused-ring (bicyclic) bond motifs is 2. The van der Waals surface area contributed by atoms with Crippen molar-refractivity contribution in [1.82, 2.24) is 5.32 Å². The van der Waals surface area contributed by atoms with E-state index in [1.165, 1.54) is 11.1 Å². The molecule has 1 atom stereocenters. The highest BCUT2D eigenvalue weighted by Crippen LogP contribution is 2.42. The topological polar surface area (TPSA) is 41.1 Å². The first-order valence-corrected chi connectivity index (χ1v) is 5.36. The van der Waals surface area contributed by atoms with Gasteiger partial charge in [-0.1, -0.05) is 17.7 Å². The van der Waals surface area contributed by atoms with Crippen molar-refractivity contribution in [3.63, 3.8) is 0 Å². The minimum atomic E-state index is -0.290. The smallest absolute Gasteiger partial charge is 0.236 e. The number of aryl methyl sites for hydroxylation is 1. The summed E-state index contributed by atoms with van der Waals surface area (Å²) in [5.74, 6) is 0.160. The van der Waals surface area contributed by atoms with Crippen LogP contribution in [0.15, 0.2) is 18.2 Å². The third-order valence-electron chi connectivity index (χ3n) is 3.53. The molecule has 2 heterocycles. The van der Waals surface area contributed by atoms with E-state index in [1.54, 1.807) is 0 Å². The molecule has 2 aliphatic rings. The third kappa shape index (κ3) is 1.07. The molecule has 15 heavy (non-hydrogen) atoms. The second-order valence-electron chi connectivity index (χ2n) is 4.51. The molecule has 1 amide bonds. The highest BCUT2D eigenvalue weighted by molar-refractivity contribution is 6.06. The molecule has 1 fully saturated rings. The molecule has 78 valence electrons. The van der Waals surface area contributed by atoms with Gasteiger partial charge in [0.2, 0.25) is 5.91 Å². The van der Waals surface area contributed by atoms with Crippen LogP contribution < -0.4 is 10.6 Å². The average molecular weight is 202 g/mol. The highest BCUT2D eigenvalue weighted by Gasteiger charge is 2.48. The van der Waals surface area contributed by atoms with Crippen molar-refractivity contribution in [3.05, 3.63) is 29.3 Å². The Bertz CT molecular complexity index is 433. The monoisotopic (exact) mass is 202 g/mol. The van der Waals surface area contributed by atoms with E-state index in [-0.39, 0.29) is 11.3 Å². The zero-order valence-electron chi connectivity index (χ0n) is 8.76. The maximum absolute atomic E-state index is 12.0. The number of anilines is 1. The zero-order chi connectivity index (χ0) is 10.5. The Kier molecular flexibility index (Phi) is 1.68. The fraction of sp³-hybridized carbons (Fsp3) is 0.417. The van der Waals surface area contributed by atoms with Gasteiger partial charge in [0.25, 0.3) is 0 Å². The van der Waals surface area contributed by atoms with Gasteiger partial charge in [-0.3, -0.25) is 4.79 Å². The van der Waals surface area contributed by atoms with Gasteiger partial charge in [0.15, 0.2) is 0 Å². The fourth-order valence-electron chi connectivity index (χ4n) is 2.64. The van der Waals surface area contributed by atoms with Gasteiger partial charge in [0, 0.05) is 12.2 Å². The standard InChI is InChI=1S/C12H14N2O/c1-8-2-3-10-9(6-8)12(11(15)14-10)4-5-13-7-12/h2-3,6,13H,4-5,7H2,1H3,(H,14,15). The van der Waals surface area contributed by atoms with Crippen LogP contribution in [0.2, 0.25) is 0 Å². The lowest BCUT2D eigenvalue weighted by molar-refractivity contribution is -0.120. The molecule has 0 aromatic heterocycles. The van der Waals surface area contributed by atoms with Crippen molar-refractivity contribution in [2.24, 2.45) is 0 Å². The predicted octanol–water partition coefficient (Wildman–Crippen LogP) is 1.18. The van der Waals surface area contributed by atoms with Gasteiger partial charge in [-0.05, 0) is 31.5 Å². The first kappa shape index (κ1) is 8.92. The van der Waals surface area contributed by atoms with E-state index in [2.05, 4.69) is 23.6 Å². The van der Waals surface area contributed by atoms with Crippen molar-refractivity contribution < 1.29 is 4.79 Å². The van der Waals surface area contributed by atoms with E-state index >= 15 is 0 Å². The van der Waals surface area contributed by atoms with Crippen LogP contribution >= 0.6 is 0 Å². The van der Waals surface area contributed by atoms with Crippen molar-refractivity contribution in [3.8, 4) is 0 Å². The number of nitrogens with one attached hydrogen (secondary N) is 2. The second-order valence-corrected chi connectivity index (χ2v) is 4.51. The number of carbonyl (C=O) groups is 1. The highest BCUT2D eigenvalue weighted by atomic mass is 16.2. The van der Waals surface area contributed by atoms with Crippen LogP contribution in [0, 0.1) is 6.92 Å². The van der Waals surface area contributed by atoms with Crippen LogP contribution in [-0.4, -0.2) is 19.0 Å². The average Bonchev–Trinajstić information content (AvgIpc) is 2.78. The summed E-state index contributed by atoms with van der Waals surface area (Å²) in [5, 5.41) is 6.26. The van der Waals surface area contributed by atoms with Gasteiger partial charge in [-0.15, -0.1) is 0 Å². The summed E-state index contributed by atoms with van der Waals surface area (Å²) >= 11 is 0. The maximum Gasteiger partial charge on any atom is 0.236 e. The minimum Gasteiger partial charge on any atom is -0.325 e. The molecule has 1 saturated heterocycles. The van der Waals surface area contributed by atoms with E-state index in [0.717, 1.165) is 25.2 Å². The van der Waals surface area contributed by atoms with Crippen LogP contribution in [0.5, 0.6) is 0 Å². The zero-order valence-corrected chi connectivity index (χ0v) is 8.76. The Morgan fingerprint density at radius 1 is 1.40 bits per heavy atom. The van der Waals surface area contributed by atoms with Gasteiger partial charge >= 0.3 is 0 Å². The summed E-state index contributed by atoms with van der Waals surface area (Å²) < 4.78 is 0. The molecule has 0 saturated carbocycles. The summed E-state index contributed by atoms with van der Waals surface area (Å²) in [4.78, 5) is 12.0. The summed E-state index contributed by atoms with van der Waals surface area (Å²) in [5.41, 5.74) is 3.10. The lowest BCUT2D eigenvalue weighted by Crippen LogP contribution is -2.36. The molecule has 2 aliphatic heterocycles. The molecule has 0 aliphatic carbocycles. The maximum atomic E-state index is 12.0. The molecule has 1 unspecified atom stereocenters. The summed E-state index contributed by atoms with van der Waals surface area (Å²) in [6.45, 7) is 3.77. The normalized spacial score (nSPS) is 28.2. The van der Waals surface area contributed by atoms with Crippen LogP contribution in [-0.2, 0) is 10.2 Å². The number of hydrogen-bond donors (Lipinski definition) is 2. The molecular formula is C12H14N2O. The Hall–Kier alpha value is -1.35. The first-order chi connectivity index (χ1) is 7.22. The van der Waals surface area contributed by atoms with Gasteiger partial charge in [-0.25, -0.2) is 0 Å². The van der Waals surface area contributed by atoms with E-state index in [9.17, 15) is 4.79 Å². The van der Waals surface area contributed by atoms with Gasteiger partial charge in [-0.2, -0.15) is 0 Å². The molecule has 0 radical (unpaired) electrons. The van der Waals surface area contributed by atoms with Crippen LogP contribution in [0.1, 0.15) is 17.5 Å². The van der Waals surface area contributed by atoms with E-state index in [4.69, 9.17) is 0 Å². The van der Waals surface area contributed by atoms with E-state index < -0.39 is 0 Å². The fourth-order valence-corrected chi connectivity index (χ4v) is 2.64. The van der Waals surface area contributed by atoms with Gasteiger partial charge in [0.1, 0.15) is 0 Å². The van der Waals surface area contributed by atoms with Crippen LogP contribution in [0.25, 0.3) is 0 Å². The molecule has 3 rings (SSSR count). The first-order valence-electron chi connectivity index (χ1n) is 5.36. The number of benzene rings is 1. The van der Waals surface area contributed by atoms with Gasteiger partial charge < -0.3 is 10.6 Å². The molecule has 1 aromatic carbocycles. The number of hydrogen-bond acceptors (Lipinski definition) is 2. The molecule has 1 aromatic rings. The molecule has 3 heteroatoms. The Labute approximate surface area is 88.9 Å². The third-order valence-corrected chi connectivity index (χ3v) is 3.53. The SMILES string of the molecule is Cc1ccc2c(c1)C1(CCNC1)C(=O)N2. The van der Waals surface area contributed by atoms with Crippen molar-refractivity contribution >= 4 is 11.6 Å². The van der Waals surface area contributed by atoms with E-state index in [0.29, 0.717) is 0 Å². The van der Waals surface area contributed by atoms with E-state index in [1.807, 2.05) is 12.1 Å². The Balaban J connectivity index is 2.19. The largest absolute Gasteiger partial charge is 0.325 e. The van der Waals surface area contributed by atoms with Crippen molar-refractivity contribution in [2.45, 2.75) is 18.8 Å². The molecular weight excluding hydrogens is 188 g/mol. The number of rotatable bonds is 0. The van der Waals surface area contributed by atoms with Crippen LogP contribution in [0.4, 0.5) is 5.69 Å². The lowest BCUT2D eigenvalue weighted by atomic mass is 9.80. The molecule has 2 N–H and O–H groups in total.